The van der Waals surface area contributed by atoms with Crippen LogP contribution in [0.1, 0.15) is 86.5 Å². The fourth-order valence-electron chi connectivity index (χ4n) is 3.35. The quantitative estimate of drug-likeness (QED) is 0.360. The minimum atomic E-state index is -0.116. The Kier molecular flexibility index (Phi) is 11.9. The summed E-state index contributed by atoms with van der Waals surface area (Å²) in [5, 5.41) is 0. The summed E-state index contributed by atoms with van der Waals surface area (Å²) in [6, 6.07) is 0. The van der Waals surface area contributed by atoms with Crippen molar-refractivity contribution in [1.82, 2.24) is 9.80 Å². The van der Waals surface area contributed by atoms with E-state index in [1.54, 1.807) is 0 Å². The van der Waals surface area contributed by atoms with Gasteiger partial charge in [-0.2, -0.15) is 0 Å². The summed E-state index contributed by atoms with van der Waals surface area (Å²) in [4.78, 5) is 28.5. The summed E-state index contributed by atoms with van der Waals surface area (Å²) in [5.74, 6) is -0.225. The highest BCUT2D eigenvalue weighted by Crippen LogP contribution is 2.29. The molecule has 0 N–H and O–H groups in total. The Morgan fingerprint density at radius 3 is 1.67 bits per heavy atom. The lowest BCUT2D eigenvalue weighted by molar-refractivity contribution is -0.145. The Balaban J connectivity index is 2.13. The summed E-state index contributed by atoms with van der Waals surface area (Å²) in [7, 11) is 0. The molecule has 176 valence electrons. The molecule has 0 spiro atoms. The SMILES string of the molecule is CCC(C)(C)CCOC(=O)CCN1CCN(CCC(=O)OCCC(C)(CC)CC)C1. The first kappa shape index (κ1) is 26.9. The van der Waals surface area contributed by atoms with Crippen molar-refractivity contribution in [3.05, 3.63) is 0 Å². The van der Waals surface area contributed by atoms with Gasteiger partial charge in [0.2, 0.25) is 0 Å². The molecule has 1 saturated heterocycles. The molecule has 30 heavy (non-hydrogen) atoms. The lowest BCUT2D eigenvalue weighted by Crippen LogP contribution is -2.29. The number of rotatable bonds is 15. The van der Waals surface area contributed by atoms with E-state index >= 15 is 0 Å². The van der Waals surface area contributed by atoms with Crippen LogP contribution in [0, 0.1) is 10.8 Å². The summed E-state index contributed by atoms with van der Waals surface area (Å²) < 4.78 is 10.8. The second kappa shape index (κ2) is 13.3. The first-order valence-corrected chi connectivity index (χ1v) is 11.9. The second-order valence-corrected chi connectivity index (χ2v) is 9.85. The molecule has 0 aromatic carbocycles. The van der Waals surface area contributed by atoms with Gasteiger partial charge in [0.1, 0.15) is 0 Å². The highest BCUT2D eigenvalue weighted by Gasteiger charge is 2.23. The predicted molar refractivity (Wildman–Crippen MR) is 121 cm³/mol. The van der Waals surface area contributed by atoms with Crippen molar-refractivity contribution >= 4 is 11.9 Å². The maximum absolute atomic E-state index is 12.0. The normalized spacial score (nSPS) is 16.1. The molecule has 0 saturated carbocycles. The smallest absolute Gasteiger partial charge is 0.307 e. The Morgan fingerprint density at radius 1 is 0.767 bits per heavy atom. The van der Waals surface area contributed by atoms with Gasteiger partial charge in [0.05, 0.1) is 32.7 Å². The van der Waals surface area contributed by atoms with E-state index < -0.39 is 0 Å². The van der Waals surface area contributed by atoms with Gasteiger partial charge >= 0.3 is 11.9 Å². The minimum absolute atomic E-state index is 0.110. The van der Waals surface area contributed by atoms with E-state index in [0.29, 0.717) is 39.1 Å². The Labute approximate surface area is 184 Å². The van der Waals surface area contributed by atoms with Crippen LogP contribution < -0.4 is 0 Å². The highest BCUT2D eigenvalue weighted by atomic mass is 16.5. The Hall–Kier alpha value is -1.14. The van der Waals surface area contributed by atoms with Gasteiger partial charge in [-0.1, -0.05) is 60.8 Å². The standard InChI is InChI=1S/C24H46N2O4/c1-7-23(4,5)12-18-29-21(27)10-14-25-16-17-26(20-25)15-11-22(28)30-19-13-24(6,8-2)9-3/h7-20H2,1-6H3. The zero-order chi connectivity index (χ0) is 22.6. The van der Waals surface area contributed by atoms with E-state index in [0.717, 1.165) is 51.9 Å². The molecule has 0 unspecified atom stereocenters. The van der Waals surface area contributed by atoms with Crippen LogP contribution in [0.3, 0.4) is 0 Å². The molecule has 1 heterocycles. The fraction of sp³-hybridized carbons (Fsp3) is 0.917. The third-order valence-corrected chi connectivity index (χ3v) is 7.07. The van der Waals surface area contributed by atoms with Crippen molar-refractivity contribution in [3.63, 3.8) is 0 Å². The molecule has 0 amide bonds. The van der Waals surface area contributed by atoms with Crippen molar-refractivity contribution in [2.75, 3.05) is 46.1 Å². The number of nitrogens with zero attached hydrogens (tertiary/aromatic N) is 2. The zero-order valence-electron chi connectivity index (χ0n) is 20.4. The highest BCUT2D eigenvalue weighted by molar-refractivity contribution is 5.69. The van der Waals surface area contributed by atoms with Gasteiger partial charge in [-0.15, -0.1) is 0 Å². The number of ether oxygens (including phenoxy) is 2. The van der Waals surface area contributed by atoms with E-state index in [2.05, 4.69) is 51.3 Å². The monoisotopic (exact) mass is 426 g/mol. The number of hydrogen-bond donors (Lipinski definition) is 0. The van der Waals surface area contributed by atoms with Crippen LogP contribution >= 0.6 is 0 Å². The second-order valence-electron chi connectivity index (χ2n) is 9.85. The summed E-state index contributed by atoms with van der Waals surface area (Å²) >= 11 is 0. The van der Waals surface area contributed by atoms with Crippen LogP contribution in [0.4, 0.5) is 0 Å². The molecule has 1 fully saturated rings. The Bertz CT molecular complexity index is 517. The first-order valence-electron chi connectivity index (χ1n) is 11.9. The van der Waals surface area contributed by atoms with Crippen molar-refractivity contribution in [2.24, 2.45) is 10.8 Å². The lowest BCUT2D eigenvalue weighted by atomic mass is 9.82. The van der Waals surface area contributed by atoms with E-state index in [-0.39, 0.29) is 22.8 Å². The molecular weight excluding hydrogens is 380 g/mol. The van der Waals surface area contributed by atoms with Crippen molar-refractivity contribution in [3.8, 4) is 0 Å². The van der Waals surface area contributed by atoms with Gasteiger partial charge in [-0.3, -0.25) is 19.4 Å². The van der Waals surface area contributed by atoms with Gasteiger partial charge in [0.25, 0.3) is 0 Å². The van der Waals surface area contributed by atoms with Crippen molar-refractivity contribution < 1.29 is 19.1 Å². The molecule has 1 aliphatic rings. The van der Waals surface area contributed by atoms with Crippen molar-refractivity contribution in [1.29, 1.82) is 0 Å². The average Bonchev–Trinajstić information content (AvgIpc) is 3.18. The van der Waals surface area contributed by atoms with E-state index in [1.165, 1.54) is 0 Å². The summed E-state index contributed by atoms with van der Waals surface area (Å²) in [6.45, 7) is 18.3. The van der Waals surface area contributed by atoms with Gasteiger partial charge in [-0.05, 0) is 23.7 Å². The van der Waals surface area contributed by atoms with Crippen LogP contribution in [0.25, 0.3) is 0 Å². The number of esters is 2. The van der Waals surface area contributed by atoms with Crippen LogP contribution in [0.5, 0.6) is 0 Å². The third kappa shape index (κ3) is 10.8. The number of carbonyl (C=O) groups excluding carboxylic acids is 2. The molecule has 0 aromatic rings. The van der Waals surface area contributed by atoms with Gasteiger partial charge < -0.3 is 9.47 Å². The molecule has 6 nitrogen and oxygen atoms in total. The topological polar surface area (TPSA) is 59.1 Å². The molecule has 1 rings (SSSR count). The predicted octanol–water partition coefficient (Wildman–Crippen LogP) is 4.47. The van der Waals surface area contributed by atoms with Crippen molar-refractivity contribution in [2.45, 2.75) is 86.5 Å². The van der Waals surface area contributed by atoms with Crippen LogP contribution in [0.2, 0.25) is 0 Å². The summed E-state index contributed by atoms with van der Waals surface area (Å²) in [6.07, 6.45) is 5.98. The molecule has 0 aliphatic carbocycles. The maximum Gasteiger partial charge on any atom is 0.307 e. The average molecular weight is 427 g/mol. The van der Waals surface area contributed by atoms with Crippen LogP contribution in [0.15, 0.2) is 0 Å². The third-order valence-electron chi connectivity index (χ3n) is 7.07. The molecule has 0 radical (unpaired) electrons. The van der Waals surface area contributed by atoms with Gasteiger partial charge in [0.15, 0.2) is 0 Å². The van der Waals surface area contributed by atoms with Crippen LogP contribution in [-0.2, 0) is 19.1 Å². The number of hydrogen-bond acceptors (Lipinski definition) is 6. The van der Waals surface area contributed by atoms with E-state index in [4.69, 9.17) is 9.47 Å². The zero-order valence-corrected chi connectivity index (χ0v) is 20.4. The molecule has 0 atom stereocenters. The first-order chi connectivity index (χ1) is 14.1. The van der Waals surface area contributed by atoms with E-state index in [1.807, 2.05) is 0 Å². The molecule has 1 aliphatic heterocycles. The molecule has 0 aromatic heterocycles. The van der Waals surface area contributed by atoms with Crippen LogP contribution in [-0.4, -0.2) is 67.8 Å². The lowest BCUT2D eigenvalue weighted by Gasteiger charge is -2.26. The van der Waals surface area contributed by atoms with Gasteiger partial charge in [-0.25, -0.2) is 0 Å². The number of carbonyl (C=O) groups is 2. The largest absolute Gasteiger partial charge is 0.466 e. The minimum Gasteiger partial charge on any atom is -0.466 e. The fourth-order valence-corrected chi connectivity index (χ4v) is 3.35. The molecular formula is C24H46N2O4. The Morgan fingerprint density at radius 2 is 1.23 bits per heavy atom. The molecule has 6 heteroatoms. The van der Waals surface area contributed by atoms with Gasteiger partial charge in [0, 0.05) is 26.2 Å². The van der Waals surface area contributed by atoms with E-state index in [9.17, 15) is 9.59 Å². The summed E-state index contributed by atoms with van der Waals surface area (Å²) in [5.41, 5.74) is 0.492. The molecule has 0 bridgehead atoms. The maximum atomic E-state index is 12.0.